The van der Waals surface area contributed by atoms with Gasteiger partial charge < -0.3 is 14.8 Å². The van der Waals surface area contributed by atoms with Crippen molar-refractivity contribution < 1.29 is 26.3 Å². The Morgan fingerprint density at radius 2 is 1.62 bits per heavy atom. The predicted molar refractivity (Wildman–Crippen MR) is 111 cm³/mol. The molecule has 1 saturated heterocycles. The number of hydrogen-bond donors (Lipinski definition) is 1. The maximum absolute atomic E-state index is 13.0. The van der Waals surface area contributed by atoms with Gasteiger partial charge >= 0.3 is 0 Å². The Kier molecular flexibility index (Phi) is 6.50. The van der Waals surface area contributed by atoms with Crippen molar-refractivity contribution in [2.45, 2.75) is 23.1 Å². The summed E-state index contributed by atoms with van der Waals surface area (Å²) in [7, 11) is -5.63. The lowest BCUT2D eigenvalue weighted by Gasteiger charge is -2.20. The predicted octanol–water partition coefficient (Wildman–Crippen LogP) is 1.61. The molecule has 1 aliphatic heterocycles. The lowest BCUT2D eigenvalue weighted by atomic mass is 10.2. The Bertz CT molecular complexity index is 1030. The standard InChI is InChI=1S/C20H25NO6S2/c1-15-3-9-18(10-4-15)29(24,25)20-14-28(22,23)13-19(20)21-11-12-27-17-7-5-16(26-2)6-8-17/h3-10,19-21H,11-14H2,1-2H3/t19-,20-/m0/s1. The molecule has 0 amide bonds. The third-order valence-electron chi connectivity index (χ3n) is 4.89. The zero-order chi connectivity index (χ0) is 21.1. The topological polar surface area (TPSA) is 98.8 Å². The molecule has 0 spiro atoms. The summed E-state index contributed by atoms with van der Waals surface area (Å²) >= 11 is 0. The van der Waals surface area contributed by atoms with Crippen molar-refractivity contribution >= 4 is 19.7 Å². The number of nitrogens with one attached hydrogen (secondary N) is 1. The number of benzene rings is 2. The van der Waals surface area contributed by atoms with E-state index >= 15 is 0 Å². The third-order valence-corrected chi connectivity index (χ3v) is 9.05. The molecule has 0 aromatic heterocycles. The smallest absolute Gasteiger partial charge is 0.183 e. The zero-order valence-corrected chi connectivity index (χ0v) is 18.0. The molecule has 2 aromatic carbocycles. The van der Waals surface area contributed by atoms with E-state index in [9.17, 15) is 16.8 Å². The summed E-state index contributed by atoms with van der Waals surface area (Å²) in [6.45, 7) is 2.47. The SMILES string of the molecule is COc1ccc(OCCN[C@H]2CS(=O)(=O)C[C@@H]2S(=O)(=O)c2ccc(C)cc2)cc1. The molecular formula is C20H25NO6S2. The van der Waals surface area contributed by atoms with Gasteiger partial charge in [0.25, 0.3) is 0 Å². The average molecular weight is 440 g/mol. The average Bonchev–Trinajstić information content (AvgIpc) is 3.01. The molecule has 1 heterocycles. The van der Waals surface area contributed by atoms with E-state index in [4.69, 9.17) is 9.47 Å². The van der Waals surface area contributed by atoms with E-state index in [1.165, 1.54) is 12.1 Å². The molecule has 7 nitrogen and oxygen atoms in total. The van der Waals surface area contributed by atoms with Crippen LogP contribution in [0.2, 0.25) is 0 Å². The molecule has 0 unspecified atom stereocenters. The van der Waals surface area contributed by atoms with E-state index in [2.05, 4.69) is 5.32 Å². The highest BCUT2D eigenvalue weighted by Crippen LogP contribution is 2.26. The molecule has 0 radical (unpaired) electrons. The molecular weight excluding hydrogens is 414 g/mol. The van der Waals surface area contributed by atoms with Gasteiger partial charge in [-0.05, 0) is 43.3 Å². The van der Waals surface area contributed by atoms with Gasteiger partial charge in [-0.3, -0.25) is 0 Å². The highest BCUT2D eigenvalue weighted by atomic mass is 32.2. The van der Waals surface area contributed by atoms with Crippen LogP contribution in [-0.2, 0) is 19.7 Å². The molecule has 1 aliphatic rings. The van der Waals surface area contributed by atoms with Crippen LogP contribution >= 0.6 is 0 Å². The van der Waals surface area contributed by atoms with Gasteiger partial charge in [0.05, 0.1) is 28.8 Å². The van der Waals surface area contributed by atoms with Crippen molar-refractivity contribution in [1.82, 2.24) is 5.32 Å². The molecule has 0 bridgehead atoms. The Hall–Kier alpha value is -2.10. The molecule has 29 heavy (non-hydrogen) atoms. The van der Waals surface area contributed by atoms with Crippen LogP contribution in [0.1, 0.15) is 5.56 Å². The van der Waals surface area contributed by atoms with Gasteiger partial charge in [0.2, 0.25) is 0 Å². The maximum atomic E-state index is 13.0. The lowest BCUT2D eigenvalue weighted by molar-refractivity contribution is 0.307. The molecule has 158 valence electrons. The van der Waals surface area contributed by atoms with E-state index in [0.717, 1.165) is 11.3 Å². The Balaban J connectivity index is 1.64. The third kappa shape index (κ3) is 5.29. The van der Waals surface area contributed by atoms with Crippen molar-refractivity contribution in [3.63, 3.8) is 0 Å². The van der Waals surface area contributed by atoms with Crippen LogP contribution < -0.4 is 14.8 Å². The first kappa shape index (κ1) is 21.6. The quantitative estimate of drug-likeness (QED) is 0.624. The highest BCUT2D eigenvalue weighted by Gasteiger charge is 2.45. The normalized spacial score (nSPS) is 21.0. The number of methoxy groups -OCH3 is 1. The van der Waals surface area contributed by atoms with E-state index in [1.807, 2.05) is 6.92 Å². The van der Waals surface area contributed by atoms with Gasteiger partial charge in [0.1, 0.15) is 18.1 Å². The first-order valence-electron chi connectivity index (χ1n) is 9.22. The van der Waals surface area contributed by atoms with Crippen LogP contribution in [0.15, 0.2) is 53.4 Å². The summed E-state index contributed by atoms with van der Waals surface area (Å²) < 4.78 is 61.0. The molecule has 1 N–H and O–H groups in total. The number of rotatable bonds is 8. The summed E-state index contributed by atoms with van der Waals surface area (Å²) in [6.07, 6.45) is 0. The van der Waals surface area contributed by atoms with Gasteiger partial charge in [-0.1, -0.05) is 17.7 Å². The minimum Gasteiger partial charge on any atom is -0.497 e. The number of ether oxygens (including phenoxy) is 2. The molecule has 1 fully saturated rings. The maximum Gasteiger partial charge on any atom is 0.183 e. The first-order valence-corrected chi connectivity index (χ1v) is 12.6. The number of aryl methyl sites for hydroxylation is 1. The highest BCUT2D eigenvalue weighted by molar-refractivity contribution is 7.96. The molecule has 9 heteroatoms. The van der Waals surface area contributed by atoms with Crippen LogP contribution in [0.4, 0.5) is 0 Å². The van der Waals surface area contributed by atoms with Crippen LogP contribution in [-0.4, -0.2) is 59.9 Å². The van der Waals surface area contributed by atoms with Crippen molar-refractivity contribution in [2.24, 2.45) is 0 Å². The van der Waals surface area contributed by atoms with Crippen LogP contribution in [0, 0.1) is 6.92 Å². The second-order valence-electron chi connectivity index (χ2n) is 7.06. The van der Waals surface area contributed by atoms with E-state index < -0.39 is 31.0 Å². The Morgan fingerprint density at radius 3 is 2.24 bits per heavy atom. The van der Waals surface area contributed by atoms with Crippen molar-refractivity contribution in [2.75, 3.05) is 31.8 Å². The second kappa shape index (κ2) is 8.73. The molecule has 2 atom stereocenters. The first-order chi connectivity index (χ1) is 13.7. The van der Waals surface area contributed by atoms with E-state index in [-0.39, 0.29) is 23.0 Å². The molecule has 2 aromatic rings. The molecule has 3 rings (SSSR count). The summed E-state index contributed by atoms with van der Waals surface area (Å²) in [5.41, 5.74) is 0.938. The lowest BCUT2D eigenvalue weighted by Crippen LogP contribution is -2.44. The van der Waals surface area contributed by atoms with Crippen LogP contribution in [0.5, 0.6) is 11.5 Å². The van der Waals surface area contributed by atoms with Gasteiger partial charge in [-0.2, -0.15) is 0 Å². The van der Waals surface area contributed by atoms with E-state index in [1.54, 1.807) is 43.5 Å². The molecule has 0 saturated carbocycles. The fraction of sp³-hybridized carbons (Fsp3) is 0.400. The molecule has 0 aliphatic carbocycles. The largest absolute Gasteiger partial charge is 0.497 e. The summed E-state index contributed by atoms with van der Waals surface area (Å²) in [4.78, 5) is 0.145. The van der Waals surface area contributed by atoms with Crippen molar-refractivity contribution in [1.29, 1.82) is 0 Å². The Morgan fingerprint density at radius 1 is 1.00 bits per heavy atom. The van der Waals surface area contributed by atoms with Gasteiger partial charge in [-0.25, -0.2) is 16.8 Å². The monoisotopic (exact) mass is 439 g/mol. The fourth-order valence-corrected chi connectivity index (χ4v) is 8.02. The van der Waals surface area contributed by atoms with Gasteiger partial charge in [-0.15, -0.1) is 0 Å². The second-order valence-corrected chi connectivity index (χ2v) is 11.4. The number of sulfone groups is 2. The van der Waals surface area contributed by atoms with Gasteiger partial charge in [0, 0.05) is 12.6 Å². The summed E-state index contributed by atoms with van der Waals surface area (Å²) in [5, 5.41) is 2.04. The van der Waals surface area contributed by atoms with Gasteiger partial charge in [0.15, 0.2) is 19.7 Å². The summed E-state index contributed by atoms with van der Waals surface area (Å²) in [6, 6.07) is 12.9. The fourth-order valence-electron chi connectivity index (χ4n) is 3.30. The zero-order valence-electron chi connectivity index (χ0n) is 16.4. The van der Waals surface area contributed by atoms with Crippen molar-refractivity contribution in [3.8, 4) is 11.5 Å². The van der Waals surface area contributed by atoms with Crippen molar-refractivity contribution in [3.05, 3.63) is 54.1 Å². The minimum atomic E-state index is -3.77. The minimum absolute atomic E-state index is 0.145. The van der Waals surface area contributed by atoms with Crippen LogP contribution in [0.3, 0.4) is 0 Å². The van der Waals surface area contributed by atoms with Crippen LogP contribution in [0.25, 0.3) is 0 Å². The Labute approximate surface area is 171 Å². The number of hydrogen-bond acceptors (Lipinski definition) is 7. The van der Waals surface area contributed by atoms with E-state index in [0.29, 0.717) is 12.3 Å². The summed E-state index contributed by atoms with van der Waals surface area (Å²) in [5.74, 6) is 0.789.